The molecule has 0 saturated carbocycles. The van der Waals surface area contributed by atoms with Crippen LogP contribution in [0.25, 0.3) is 5.69 Å². The van der Waals surface area contributed by atoms with Crippen LogP contribution in [0.3, 0.4) is 0 Å². The van der Waals surface area contributed by atoms with E-state index in [0.29, 0.717) is 19.0 Å². The molecule has 0 aliphatic rings. The van der Waals surface area contributed by atoms with Gasteiger partial charge < -0.3 is 10.6 Å². The first-order valence-electron chi connectivity index (χ1n) is 9.72. The molecule has 0 radical (unpaired) electrons. The van der Waals surface area contributed by atoms with Gasteiger partial charge in [0.15, 0.2) is 11.8 Å². The van der Waals surface area contributed by atoms with Gasteiger partial charge in [-0.2, -0.15) is 0 Å². The van der Waals surface area contributed by atoms with Crippen molar-refractivity contribution in [1.29, 1.82) is 0 Å². The molecular formula is C22H27FN6. The van der Waals surface area contributed by atoms with Crippen LogP contribution in [-0.4, -0.2) is 33.8 Å². The molecule has 7 heteroatoms. The summed E-state index contributed by atoms with van der Waals surface area (Å²) in [6.07, 6.45) is 1.69. The molecule has 1 aromatic heterocycles. The highest BCUT2D eigenvalue weighted by Gasteiger charge is 2.21. The van der Waals surface area contributed by atoms with E-state index in [9.17, 15) is 4.39 Å². The Kier molecular flexibility index (Phi) is 6.59. The van der Waals surface area contributed by atoms with Crippen molar-refractivity contribution in [1.82, 2.24) is 25.4 Å². The minimum absolute atomic E-state index is 0.226. The number of aromatic nitrogens is 3. The van der Waals surface area contributed by atoms with E-state index in [2.05, 4.69) is 39.7 Å². The van der Waals surface area contributed by atoms with Crippen molar-refractivity contribution in [2.75, 3.05) is 13.1 Å². The van der Waals surface area contributed by atoms with E-state index in [4.69, 9.17) is 0 Å². The van der Waals surface area contributed by atoms with Gasteiger partial charge >= 0.3 is 0 Å². The van der Waals surface area contributed by atoms with Crippen LogP contribution in [0.4, 0.5) is 4.39 Å². The van der Waals surface area contributed by atoms with Gasteiger partial charge in [-0.25, -0.2) is 9.38 Å². The zero-order chi connectivity index (χ0) is 20.7. The molecule has 6 nitrogen and oxygen atoms in total. The van der Waals surface area contributed by atoms with Crippen LogP contribution in [0.1, 0.15) is 32.2 Å². The summed E-state index contributed by atoms with van der Waals surface area (Å²) in [4.78, 5) is 4.65. The molecule has 29 heavy (non-hydrogen) atoms. The maximum absolute atomic E-state index is 13.6. The van der Waals surface area contributed by atoms with Gasteiger partial charge in [-0.15, -0.1) is 10.2 Å². The summed E-state index contributed by atoms with van der Waals surface area (Å²) in [5.74, 6) is 1.20. The number of rotatable bonds is 7. The van der Waals surface area contributed by atoms with E-state index in [1.807, 2.05) is 47.9 Å². The molecule has 3 rings (SSSR count). The highest BCUT2D eigenvalue weighted by atomic mass is 19.1. The Balaban J connectivity index is 1.70. The minimum atomic E-state index is -0.262. The lowest BCUT2D eigenvalue weighted by molar-refractivity contribution is 0.503. The lowest BCUT2D eigenvalue weighted by Crippen LogP contribution is -2.43. The number of aliphatic imine (C=N–C) groups is 1. The second-order valence-electron chi connectivity index (χ2n) is 7.40. The number of halogens is 1. The van der Waals surface area contributed by atoms with Crippen LogP contribution < -0.4 is 10.6 Å². The highest BCUT2D eigenvalue weighted by molar-refractivity contribution is 5.79. The summed E-state index contributed by atoms with van der Waals surface area (Å²) in [7, 11) is 0. The maximum atomic E-state index is 13.6. The van der Waals surface area contributed by atoms with Gasteiger partial charge in [-0.3, -0.25) is 4.57 Å². The Labute approximate surface area is 170 Å². The van der Waals surface area contributed by atoms with Gasteiger partial charge in [0.05, 0.1) is 0 Å². The van der Waals surface area contributed by atoms with E-state index < -0.39 is 0 Å². The molecular weight excluding hydrogens is 367 g/mol. The Morgan fingerprint density at radius 1 is 1.10 bits per heavy atom. The number of nitrogens with zero attached hydrogens (tertiary/aromatic N) is 4. The van der Waals surface area contributed by atoms with E-state index in [1.54, 1.807) is 18.5 Å². The van der Waals surface area contributed by atoms with Gasteiger partial charge in [0, 0.05) is 24.2 Å². The average Bonchev–Trinajstić information content (AvgIpc) is 3.19. The number of benzene rings is 2. The van der Waals surface area contributed by atoms with Crippen LogP contribution >= 0.6 is 0 Å². The average molecular weight is 394 g/mol. The molecule has 0 aliphatic heterocycles. The molecule has 2 N–H and O–H groups in total. The normalized spacial score (nSPS) is 12.1. The first-order chi connectivity index (χ1) is 14.0. The number of para-hydroxylation sites is 1. The van der Waals surface area contributed by atoms with Crippen LogP contribution in [0.2, 0.25) is 0 Å². The van der Waals surface area contributed by atoms with Gasteiger partial charge in [0.2, 0.25) is 0 Å². The largest absolute Gasteiger partial charge is 0.357 e. The summed E-state index contributed by atoms with van der Waals surface area (Å²) in [5, 5.41) is 14.8. The van der Waals surface area contributed by atoms with Crippen molar-refractivity contribution in [3.8, 4) is 5.69 Å². The monoisotopic (exact) mass is 394 g/mol. The fourth-order valence-corrected chi connectivity index (χ4v) is 2.98. The Morgan fingerprint density at radius 3 is 2.62 bits per heavy atom. The van der Waals surface area contributed by atoms with Crippen molar-refractivity contribution >= 4 is 5.96 Å². The fourth-order valence-electron chi connectivity index (χ4n) is 2.98. The Hall–Kier alpha value is -3.22. The molecule has 152 valence electrons. The smallest absolute Gasteiger partial charge is 0.191 e. The third kappa shape index (κ3) is 5.40. The van der Waals surface area contributed by atoms with E-state index >= 15 is 0 Å². The van der Waals surface area contributed by atoms with Gasteiger partial charge in [0.25, 0.3) is 0 Å². The second-order valence-corrected chi connectivity index (χ2v) is 7.40. The predicted octanol–water partition coefficient (Wildman–Crippen LogP) is 3.44. The zero-order valence-electron chi connectivity index (χ0n) is 17.1. The summed E-state index contributed by atoms with van der Waals surface area (Å²) in [6.45, 7) is 7.88. The number of hydrogen-bond donors (Lipinski definition) is 2. The molecule has 0 bridgehead atoms. The molecule has 0 amide bonds. The van der Waals surface area contributed by atoms with Gasteiger partial charge in [-0.05, 0) is 36.8 Å². The van der Waals surface area contributed by atoms with Crippen LogP contribution in [0, 0.1) is 5.82 Å². The molecule has 0 aliphatic carbocycles. The van der Waals surface area contributed by atoms with Crippen molar-refractivity contribution in [2.45, 2.75) is 32.7 Å². The zero-order valence-corrected chi connectivity index (χ0v) is 17.1. The maximum Gasteiger partial charge on any atom is 0.191 e. The SMILES string of the molecule is CCNC(=NCc1nncn1-c1ccccc1)NCC(C)(C)c1cccc(F)c1. The summed E-state index contributed by atoms with van der Waals surface area (Å²) < 4.78 is 15.5. The standard InChI is InChI=1S/C22H27FN6/c1-4-24-21(26-15-22(2,3)17-9-8-10-18(23)13-17)25-14-20-28-27-16-29(20)19-11-6-5-7-12-19/h5-13,16H,4,14-15H2,1-3H3,(H2,24,25,26). The van der Waals surface area contributed by atoms with Crippen LogP contribution in [0.5, 0.6) is 0 Å². The number of nitrogens with one attached hydrogen (secondary N) is 2. The Morgan fingerprint density at radius 2 is 1.90 bits per heavy atom. The lowest BCUT2D eigenvalue weighted by atomic mass is 9.84. The van der Waals surface area contributed by atoms with E-state index in [-0.39, 0.29) is 11.2 Å². The number of guanidine groups is 1. The summed E-state index contributed by atoms with van der Waals surface area (Å²) in [6, 6.07) is 16.6. The van der Waals surface area contributed by atoms with Gasteiger partial charge in [0.1, 0.15) is 18.7 Å². The topological polar surface area (TPSA) is 67.1 Å². The lowest BCUT2D eigenvalue weighted by Gasteiger charge is -2.26. The molecule has 1 heterocycles. The predicted molar refractivity (Wildman–Crippen MR) is 114 cm³/mol. The van der Waals surface area contributed by atoms with Crippen LogP contribution in [0.15, 0.2) is 65.9 Å². The highest BCUT2D eigenvalue weighted by Crippen LogP contribution is 2.22. The van der Waals surface area contributed by atoms with E-state index in [0.717, 1.165) is 23.6 Å². The molecule has 0 saturated heterocycles. The first kappa shape index (κ1) is 20.5. The fraction of sp³-hybridized carbons (Fsp3) is 0.318. The molecule has 0 spiro atoms. The first-order valence-corrected chi connectivity index (χ1v) is 9.72. The molecule has 2 aromatic carbocycles. The van der Waals surface area contributed by atoms with Crippen molar-refractivity contribution < 1.29 is 4.39 Å². The third-order valence-electron chi connectivity index (χ3n) is 4.68. The Bertz CT molecular complexity index is 949. The minimum Gasteiger partial charge on any atom is -0.357 e. The summed E-state index contributed by atoms with van der Waals surface area (Å²) >= 11 is 0. The molecule has 0 fully saturated rings. The number of hydrogen-bond acceptors (Lipinski definition) is 3. The van der Waals surface area contributed by atoms with Crippen molar-refractivity contribution in [3.05, 3.63) is 78.1 Å². The molecule has 0 unspecified atom stereocenters. The summed E-state index contributed by atoms with van der Waals surface area (Å²) in [5.41, 5.74) is 1.67. The van der Waals surface area contributed by atoms with Crippen molar-refractivity contribution in [3.63, 3.8) is 0 Å². The third-order valence-corrected chi connectivity index (χ3v) is 4.68. The molecule has 3 aromatic rings. The second kappa shape index (κ2) is 9.32. The molecule has 0 atom stereocenters. The van der Waals surface area contributed by atoms with Gasteiger partial charge in [-0.1, -0.05) is 44.2 Å². The van der Waals surface area contributed by atoms with Crippen molar-refractivity contribution in [2.24, 2.45) is 4.99 Å². The quantitative estimate of drug-likeness (QED) is 0.476. The van der Waals surface area contributed by atoms with Crippen LogP contribution in [-0.2, 0) is 12.0 Å². The van der Waals surface area contributed by atoms with E-state index in [1.165, 1.54) is 6.07 Å².